The second-order valence-corrected chi connectivity index (χ2v) is 7.24. The number of halogens is 3. The normalized spacial score (nSPS) is 13.0. The van der Waals surface area contributed by atoms with Crippen LogP contribution in [0.3, 0.4) is 0 Å². The molecule has 0 spiro atoms. The summed E-state index contributed by atoms with van der Waals surface area (Å²) in [6.45, 7) is -0.909. The molecule has 0 saturated heterocycles. The van der Waals surface area contributed by atoms with E-state index in [2.05, 4.69) is 25.8 Å². The number of benzene rings is 2. The van der Waals surface area contributed by atoms with Crippen molar-refractivity contribution in [1.82, 2.24) is 30.5 Å². The Balaban J connectivity index is 1.63. The van der Waals surface area contributed by atoms with Crippen molar-refractivity contribution in [3.63, 3.8) is 0 Å². The number of aromatic nitrogens is 5. The molecular formula is C22H19F3N6O2. The number of alkyl halides is 1. The fourth-order valence-electron chi connectivity index (χ4n) is 3.36. The van der Waals surface area contributed by atoms with Crippen LogP contribution >= 0.6 is 0 Å². The van der Waals surface area contributed by atoms with Crippen LogP contribution in [0.25, 0.3) is 22.5 Å². The van der Waals surface area contributed by atoms with Gasteiger partial charge >= 0.3 is 0 Å². The second-order valence-electron chi connectivity index (χ2n) is 7.24. The molecule has 1 amide bonds. The van der Waals surface area contributed by atoms with Gasteiger partial charge in [0.1, 0.15) is 17.8 Å². The van der Waals surface area contributed by atoms with E-state index >= 15 is 0 Å². The molecule has 0 fully saturated rings. The number of H-pyrrole nitrogens is 1. The Bertz CT molecular complexity index is 1230. The van der Waals surface area contributed by atoms with Crippen LogP contribution in [-0.2, 0) is 6.54 Å². The van der Waals surface area contributed by atoms with E-state index in [1.54, 1.807) is 0 Å². The molecule has 0 saturated carbocycles. The number of hydrogen-bond donors (Lipinski definition) is 3. The number of carbonyl (C=O) groups is 1. The maximum absolute atomic E-state index is 14.8. The van der Waals surface area contributed by atoms with Gasteiger partial charge in [-0.25, -0.2) is 13.2 Å². The molecule has 0 radical (unpaired) electrons. The highest BCUT2D eigenvalue weighted by Crippen LogP contribution is 2.29. The van der Waals surface area contributed by atoms with E-state index < -0.39 is 36.4 Å². The van der Waals surface area contributed by atoms with E-state index in [1.165, 1.54) is 65.6 Å². The van der Waals surface area contributed by atoms with Gasteiger partial charge in [0, 0.05) is 17.3 Å². The second kappa shape index (κ2) is 9.65. The summed E-state index contributed by atoms with van der Waals surface area (Å²) in [5, 5.41) is 25.9. The van der Waals surface area contributed by atoms with Crippen molar-refractivity contribution in [2.45, 2.75) is 18.8 Å². The number of carbonyl (C=O) groups excluding carboxylic acids is 1. The molecule has 170 valence electrons. The molecule has 2 aromatic carbocycles. The topological polar surface area (TPSA) is 109 Å². The highest BCUT2D eigenvalue weighted by molar-refractivity contribution is 6.01. The zero-order valence-electron chi connectivity index (χ0n) is 17.1. The van der Waals surface area contributed by atoms with E-state index in [1.807, 2.05) is 0 Å². The first-order chi connectivity index (χ1) is 16.0. The maximum Gasteiger partial charge on any atom is 0.252 e. The van der Waals surface area contributed by atoms with Crippen LogP contribution in [0.1, 0.15) is 10.4 Å². The molecule has 0 bridgehead atoms. The van der Waals surface area contributed by atoms with Crippen LogP contribution in [0, 0.1) is 11.6 Å². The summed E-state index contributed by atoms with van der Waals surface area (Å²) in [5.74, 6) is -1.84. The van der Waals surface area contributed by atoms with E-state index in [9.17, 15) is 23.1 Å². The third-order valence-corrected chi connectivity index (χ3v) is 5.03. The van der Waals surface area contributed by atoms with E-state index in [0.29, 0.717) is 11.3 Å². The Labute approximate surface area is 186 Å². The summed E-state index contributed by atoms with van der Waals surface area (Å²) in [4.78, 5) is 13.0. The van der Waals surface area contributed by atoms with Crippen LogP contribution in [0.5, 0.6) is 0 Å². The number of aliphatic hydroxyl groups is 1. The van der Waals surface area contributed by atoms with Gasteiger partial charge in [-0.15, -0.1) is 5.10 Å². The summed E-state index contributed by atoms with van der Waals surface area (Å²) in [6.07, 6.45) is 1.10. The largest absolute Gasteiger partial charge is 0.393 e. The molecule has 11 heteroatoms. The van der Waals surface area contributed by atoms with Gasteiger partial charge in [-0.05, 0) is 42.5 Å². The van der Waals surface area contributed by atoms with Crippen LogP contribution in [-0.4, -0.2) is 55.0 Å². The van der Waals surface area contributed by atoms with Crippen molar-refractivity contribution in [2.24, 2.45) is 0 Å². The first-order valence-corrected chi connectivity index (χ1v) is 9.96. The molecule has 2 heterocycles. The van der Waals surface area contributed by atoms with Crippen molar-refractivity contribution >= 4 is 5.91 Å². The molecule has 0 aliphatic carbocycles. The predicted octanol–water partition coefficient (Wildman–Crippen LogP) is 2.74. The van der Waals surface area contributed by atoms with Gasteiger partial charge in [-0.2, -0.15) is 5.10 Å². The fourth-order valence-corrected chi connectivity index (χ4v) is 3.36. The van der Waals surface area contributed by atoms with Crippen molar-refractivity contribution in [3.05, 3.63) is 78.1 Å². The van der Waals surface area contributed by atoms with Gasteiger partial charge in [0.2, 0.25) is 0 Å². The van der Waals surface area contributed by atoms with E-state index in [4.69, 9.17) is 0 Å². The first kappa shape index (κ1) is 22.2. The van der Waals surface area contributed by atoms with Crippen molar-refractivity contribution in [2.75, 3.05) is 6.61 Å². The summed E-state index contributed by atoms with van der Waals surface area (Å²) in [7, 11) is 0. The van der Waals surface area contributed by atoms with E-state index in [0.717, 1.165) is 0 Å². The van der Waals surface area contributed by atoms with E-state index in [-0.39, 0.29) is 23.4 Å². The number of amides is 1. The molecular weight excluding hydrogens is 437 g/mol. The summed E-state index contributed by atoms with van der Waals surface area (Å²) >= 11 is 0. The van der Waals surface area contributed by atoms with Crippen molar-refractivity contribution < 1.29 is 23.1 Å². The average molecular weight is 456 g/mol. The summed E-state index contributed by atoms with van der Waals surface area (Å²) in [6, 6.07) is 9.91. The molecule has 2 atom stereocenters. The lowest BCUT2D eigenvalue weighted by Crippen LogP contribution is -2.46. The summed E-state index contributed by atoms with van der Waals surface area (Å²) in [5.41, 5.74) is 1.11. The van der Waals surface area contributed by atoms with Crippen LogP contribution in [0.15, 0.2) is 60.9 Å². The standard InChI is InChI=1S/C22H19F3N6O2/c23-14-6-4-13(5-7-14)18-10-19(29-28-18)21-15(2-1-3-16(21)24)22(33)27-20(17(25)12-32)11-31-9-8-26-30-31/h1-10,17,20,32H,11-12H2,(H,27,33)(H,28,29)/t17-,20-/m1/s1. The molecule has 0 aliphatic rings. The Morgan fingerprint density at radius 3 is 2.67 bits per heavy atom. The highest BCUT2D eigenvalue weighted by atomic mass is 19.1. The number of aliphatic hydroxyl groups excluding tert-OH is 1. The van der Waals surface area contributed by atoms with Gasteiger partial charge in [-0.1, -0.05) is 11.3 Å². The minimum atomic E-state index is -1.78. The molecule has 8 nitrogen and oxygen atoms in total. The molecule has 0 unspecified atom stereocenters. The Hall–Kier alpha value is -3.99. The Morgan fingerprint density at radius 2 is 1.97 bits per heavy atom. The number of aromatic amines is 1. The molecule has 2 aromatic heterocycles. The number of rotatable bonds is 8. The van der Waals surface area contributed by atoms with Gasteiger partial charge in [0.05, 0.1) is 42.3 Å². The SMILES string of the molecule is O=C(N[C@H](Cn1ccnn1)[C@H](F)CO)c1cccc(F)c1-c1cc(-c2ccc(F)cc2)n[nH]1. The number of hydrogen-bond acceptors (Lipinski definition) is 5. The quantitative estimate of drug-likeness (QED) is 0.378. The van der Waals surface area contributed by atoms with Crippen molar-refractivity contribution in [1.29, 1.82) is 0 Å². The number of nitrogens with zero attached hydrogens (tertiary/aromatic N) is 4. The average Bonchev–Trinajstić information content (AvgIpc) is 3.51. The minimum absolute atomic E-state index is 0.0574. The maximum atomic E-state index is 14.8. The lowest BCUT2D eigenvalue weighted by Gasteiger charge is -2.21. The molecule has 33 heavy (non-hydrogen) atoms. The predicted molar refractivity (Wildman–Crippen MR) is 113 cm³/mol. The van der Waals surface area contributed by atoms with Crippen LogP contribution < -0.4 is 5.32 Å². The lowest BCUT2D eigenvalue weighted by atomic mass is 10.0. The van der Waals surface area contributed by atoms with Gasteiger partial charge < -0.3 is 10.4 Å². The first-order valence-electron chi connectivity index (χ1n) is 9.96. The Morgan fingerprint density at radius 1 is 1.18 bits per heavy atom. The van der Waals surface area contributed by atoms with Gasteiger partial charge in [0.15, 0.2) is 0 Å². The monoisotopic (exact) mass is 456 g/mol. The highest BCUT2D eigenvalue weighted by Gasteiger charge is 2.26. The van der Waals surface area contributed by atoms with Crippen LogP contribution in [0.2, 0.25) is 0 Å². The third kappa shape index (κ3) is 4.93. The molecule has 3 N–H and O–H groups in total. The van der Waals surface area contributed by atoms with Crippen LogP contribution in [0.4, 0.5) is 13.2 Å². The fraction of sp³-hybridized carbons (Fsp3) is 0.182. The molecule has 0 aliphatic heterocycles. The lowest BCUT2D eigenvalue weighted by molar-refractivity contribution is 0.0849. The Kier molecular flexibility index (Phi) is 6.50. The number of nitrogens with one attached hydrogen (secondary N) is 2. The van der Waals surface area contributed by atoms with Gasteiger partial charge in [-0.3, -0.25) is 14.6 Å². The molecule has 4 rings (SSSR count). The van der Waals surface area contributed by atoms with Crippen molar-refractivity contribution in [3.8, 4) is 22.5 Å². The minimum Gasteiger partial charge on any atom is -0.393 e. The zero-order valence-corrected chi connectivity index (χ0v) is 17.1. The summed E-state index contributed by atoms with van der Waals surface area (Å²) < 4.78 is 43.7. The van der Waals surface area contributed by atoms with Gasteiger partial charge in [0.25, 0.3) is 5.91 Å². The molecule has 4 aromatic rings. The smallest absolute Gasteiger partial charge is 0.252 e. The third-order valence-electron chi connectivity index (χ3n) is 5.03. The zero-order chi connectivity index (χ0) is 23.4.